The number of methoxy groups -OCH3 is 1. The van der Waals surface area contributed by atoms with E-state index in [1.165, 1.54) is 10.9 Å². The van der Waals surface area contributed by atoms with Crippen molar-refractivity contribution >= 4 is 17.3 Å². The zero-order valence-electron chi connectivity index (χ0n) is 21.2. The van der Waals surface area contributed by atoms with Crippen molar-refractivity contribution < 1.29 is 19.0 Å². The van der Waals surface area contributed by atoms with Gasteiger partial charge in [-0.2, -0.15) is 9.78 Å². The van der Waals surface area contributed by atoms with Crippen LogP contribution < -0.4 is 20.3 Å². The number of hydrogen-bond donors (Lipinski definition) is 1. The molecule has 38 heavy (non-hydrogen) atoms. The fourth-order valence-corrected chi connectivity index (χ4v) is 4.09. The molecule has 1 saturated heterocycles. The van der Waals surface area contributed by atoms with Crippen molar-refractivity contribution in [1.29, 1.82) is 0 Å². The van der Waals surface area contributed by atoms with Crippen LogP contribution in [0.1, 0.15) is 15.9 Å². The third-order valence-corrected chi connectivity index (χ3v) is 6.19. The van der Waals surface area contributed by atoms with E-state index in [-0.39, 0.29) is 17.3 Å². The third-order valence-electron chi connectivity index (χ3n) is 6.19. The van der Waals surface area contributed by atoms with Gasteiger partial charge in [-0.05, 0) is 61.5 Å². The summed E-state index contributed by atoms with van der Waals surface area (Å²) in [4.78, 5) is 28.5. The Balaban J connectivity index is 1.51. The number of carbonyl (C=O) groups excluding carboxylic acids is 1. The molecule has 1 aromatic heterocycles. The SMILES string of the molecule is COc1ccc(Oc2cnn(-c3ccc(C)cc3)c(=O)c2Nc2cccc(C(=O)N3CCOCC3)c2)cc1. The summed E-state index contributed by atoms with van der Waals surface area (Å²) in [6.45, 7) is 4.10. The van der Waals surface area contributed by atoms with E-state index in [0.717, 1.165) is 5.56 Å². The average molecular weight is 513 g/mol. The first-order valence-corrected chi connectivity index (χ1v) is 12.3. The molecule has 1 amide bonds. The van der Waals surface area contributed by atoms with Crippen molar-refractivity contribution in [2.75, 3.05) is 38.7 Å². The molecule has 1 aliphatic heterocycles. The van der Waals surface area contributed by atoms with Crippen LogP contribution >= 0.6 is 0 Å². The highest BCUT2D eigenvalue weighted by Crippen LogP contribution is 2.30. The summed E-state index contributed by atoms with van der Waals surface area (Å²) in [6.07, 6.45) is 1.50. The molecular weight excluding hydrogens is 484 g/mol. The van der Waals surface area contributed by atoms with Gasteiger partial charge in [-0.15, -0.1) is 0 Å². The molecule has 3 aromatic carbocycles. The highest BCUT2D eigenvalue weighted by Gasteiger charge is 2.20. The summed E-state index contributed by atoms with van der Waals surface area (Å²) in [5.74, 6) is 1.36. The van der Waals surface area contributed by atoms with Crippen LogP contribution in [0.15, 0.2) is 83.8 Å². The first-order valence-electron chi connectivity index (χ1n) is 12.3. The Bertz CT molecular complexity index is 1480. The zero-order chi connectivity index (χ0) is 26.5. The number of benzene rings is 3. The second kappa shape index (κ2) is 11.2. The highest BCUT2D eigenvalue weighted by atomic mass is 16.5. The molecule has 0 spiro atoms. The summed E-state index contributed by atoms with van der Waals surface area (Å²) < 4.78 is 18.0. The van der Waals surface area contributed by atoms with E-state index < -0.39 is 5.56 Å². The highest BCUT2D eigenvalue weighted by molar-refractivity contribution is 5.95. The van der Waals surface area contributed by atoms with Gasteiger partial charge in [-0.3, -0.25) is 9.59 Å². The lowest BCUT2D eigenvalue weighted by molar-refractivity contribution is 0.0303. The summed E-state index contributed by atoms with van der Waals surface area (Å²) in [5, 5.41) is 7.54. The largest absolute Gasteiger partial charge is 0.497 e. The second-order valence-corrected chi connectivity index (χ2v) is 8.82. The molecule has 9 nitrogen and oxygen atoms in total. The van der Waals surface area contributed by atoms with Crippen LogP contribution in [0.25, 0.3) is 5.69 Å². The van der Waals surface area contributed by atoms with Crippen LogP contribution in [0.4, 0.5) is 11.4 Å². The maximum atomic E-state index is 13.7. The molecule has 0 unspecified atom stereocenters. The molecule has 4 aromatic rings. The number of amides is 1. The van der Waals surface area contributed by atoms with Crippen LogP contribution in [-0.4, -0.2) is 54.0 Å². The fourth-order valence-electron chi connectivity index (χ4n) is 4.09. The van der Waals surface area contributed by atoms with Crippen LogP contribution in [0, 0.1) is 6.92 Å². The van der Waals surface area contributed by atoms with E-state index in [9.17, 15) is 9.59 Å². The quantitative estimate of drug-likeness (QED) is 0.388. The minimum Gasteiger partial charge on any atom is -0.497 e. The number of nitrogens with zero attached hydrogens (tertiary/aromatic N) is 3. The Morgan fingerprint density at radius 2 is 1.68 bits per heavy atom. The molecule has 0 radical (unpaired) electrons. The first kappa shape index (κ1) is 25.0. The third kappa shape index (κ3) is 5.52. The van der Waals surface area contributed by atoms with Gasteiger partial charge in [0.15, 0.2) is 11.4 Å². The molecule has 9 heteroatoms. The Labute approximate surface area is 220 Å². The van der Waals surface area contributed by atoms with Crippen molar-refractivity contribution in [3.8, 4) is 22.9 Å². The number of rotatable bonds is 7. The van der Waals surface area contributed by atoms with Gasteiger partial charge >= 0.3 is 0 Å². The number of carbonyl (C=O) groups is 1. The molecular formula is C29H28N4O5. The van der Waals surface area contributed by atoms with Crippen LogP contribution in [0.2, 0.25) is 0 Å². The summed E-state index contributed by atoms with van der Waals surface area (Å²) >= 11 is 0. The maximum Gasteiger partial charge on any atom is 0.299 e. The Morgan fingerprint density at radius 3 is 2.39 bits per heavy atom. The number of aryl methyl sites for hydroxylation is 1. The smallest absolute Gasteiger partial charge is 0.299 e. The van der Waals surface area contributed by atoms with Crippen molar-refractivity contribution in [2.45, 2.75) is 6.92 Å². The second-order valence-electron chi connectivity index (χ2n) is 8.82. The van der Waals surface area contributed by atoms with E-state index in [2.05, 4.69) is 10.4 Å². The minimum atomic E-state index is -0.398. The van der Waals surface area contributed by atoms with E-state index in [1.807, 2.05) is 31.2 Å². The molecule has 5 rings (SSSR count). The standard InChI is InChI=1S/C29H28N4O5/c1-20-6-8-23(9-7-20)33-29(35)27(26(19-30-33)38-25-12-10-24(36-2)11-13-25)31-22-5-3-4-21(18-22)28(34)32-14-16-37-17-15-32/h3-13,18-19,31H,14-17H2,1-2H3. The molecule has 2 heterocycles. The summed E-state index contributed by atoms with van der Waals surface area (Å²) in [7, 11) is 1.59. The van der Waals surface area contributed by atoms with Crippen molar-refractivity contribution in [1.82, 2.24) is 14.7 Å². The van der Waals surface area contributed by atoms with Gasteiger partial charge in [0.25, 0.3) is 11.5 Å². The van der Waals surface area contributed by atoms with Crippen molar-refractivity contribution in [3.05, 3.63) is 100 Å². The molecule has 1 fully saturated rings. The van der Waals surface area contributed by atoms with E-state index in [0.29, 0.717) is 54.7 Å². The lowest BCUT2D eigenvalue weighted by Crippen LogP contribution is -2.40. The molecule has 1 aliphatic rings. The molecule has 194 valence electrons. The van der Waals surface area contributed by atoms with Gasteiger partial charge in [0, 0.05) is 24.3 Å². The van der Waals surface area contributed by atoms with Gasteiger partial charge in [0.2, 0.25) is 0 Å². The molecule has 0 saturated carbocycles. The van der Waals surface area contributed by atoms with E-state index >= 15 is 0 Å². The number of morpholine rings is 1. The molecule has 0 atom stereocenters. The zero-order valence-corrected chi connectivity index (χ0v) is 21.2. The number of aromatic nitrogens is 2. The van der Waals surface area contributed by atoms with Crippen LogP contribution in [0.3, 0.4) is 0 Å². The lowest BCUT2D eigenvalue weighted by atomic mass is 10.1. The fraction of sp³-hybridized carbons (Fsp3) is 0.207. The average Bonchev–Trinajstić information content (AvgIpc) is 2.96. The number of anilines is 2. The van der Waals surface area contributed by atoms with E-state index in [4.69, 9.17) is 14.2 Å². The molecule has 0 bridgehead atoms. The predicted molar refractivity (Wildman–Crippen MR) is 144 cm³/mol. The molecule has 1 N–H and O–H groups in total. The van der Waals surface area contributed by atoms with Gasteiger partial charge in [-0.1, -0.05) is 23.8 Å². The maximum absolute atomic E-state index is 13.7. The monoisotopic (exact) mass is 512 g/mol. The van der Waals surface area contributed by atoms with Gasteiger partial charge in [0.1, 0.15) is 11.5 Å². The Kier molecular flexibility index (Phi) is 7.37. The summed E-state index contributed by atoms with van der Waals surface area (Å²) in [6, 6.07) is 21.6. The van der Waals surface area contributed by atoms with Gasteiger partial charge in [0.05, 0.1) is 32.2 Å². The van der Waals surface area contributed by atoms with Crippen molar-refractivity contribution in [2.24, 2.45) is 0 Å². The normalized spacial score (nSPS) is 13.2. The number of hydrogen-bond acceptors (Lipinski definition) is 7. The van der Waals surface area contributed by atoms with Crippen LogP contribution in [0.5, 0.6) is 17.2 Å². The molecule has 0 aliphatic carbocycles. The van der Waals surface area contributed by atoms with Gasteiger partial charge < -0.3 is 24.4 Å². The Morgan fingerprint density at radius 1 is 0.974 bits per heavy atom. The van der Waals surface area contributed by atoms with Crippen LogP contribution in [-0.2, 0) is 4.74 Å². The van der Waals surface area contributed by atoms with Gasteiger partial charge in [-0.25, -0.2) is 0 Å². The lowest BCUT2D eigenvalue weighted by Gasteiger charge is -2.27. The Hall–Kier alpha value is -4.63. The predicted octanol–water partition coefficient (Wildman–Crippen LogP) is 4.56. The number of nitrogens with one attached hydrogen (secondary N) is 1. The topological polar surface area (TPSA) is 94.9 Å². The van der Waals surface area contributed by atoms with E-state index in [1.54, 1.807) is 60.5 Å². The minimum absolute atomic E-state index is 0.0848. The number of ether oxygens (including phenoxy) is 3. The van der Waals surface area contributed by atoms with Crippen molar-refractivity contribution in [3.63, 3.8) is 0 Å². The first-order chi connectivity index (χ1) is 18.5. The summed E-state index contributed by atoms with van der Waals surface area (Å²) in [5.41, 5.74) is 2.57.